The van der Waals surface area contributed by atoms with Gasteiger partial charge in [0.15, 0.2) is 5.96 Å². The molecule has 164 valence electrons. The first-order chi connectivity index (χ1) is 13.9. The Morgan fingerprint density at radius 3 is 2.50 bits per heavy atom. The van der Waals surface area contributed by atoms with Crippen molar-refractivity contribution in [1.82, 2.24) is 15.1 Å². The average Bonchev–Trinajstić information content (AvgIpc) is 2.72. The molecule has 30 heavy (non-hydrogen) atoms. The van der Waals surface area contributed by atoms with Crippen LogP contribution in [0.3, 0.4) is 0 Å². The molecule has 0 bridgehead atoms. The number of hydrogen-bond acceptors (Lipinski definition) is 3. The van der Waals surface area contributed by atoms with Crippen molar-refractivity contribution >= 4 is 35.8 Å². The first kappa shape index (κ1) is 25.7. The van der Waals surface area contributed by atoms with Gasteiger partial charge in [0, 0.05) is 40.3 Å². The standard InChI is InChI=1S/C23H32N4O2.HI/c1-18-9-6-7-12-21(18)29-16-15-27(5)23(24-2)25-14-13-19-10-8-11-20(17-19)22(28)26(3)4;/h6-12,17H,13-16H2,1-5H3,(H,24,25);1H. The van der Waals surface area contributed by atoms with Crippen molar-refractivity contribution in [1.29, 1.82) is 0 Å². The lowest BCUT2D eigenvalue weighted by Gasteiger charge is -2.22. The van der Waals surface area contributed by atoms with E-state index in [1.54, 1.807) is 26.0 Å². The van der Waals surface area contributed by atoms with Crippen LogP contribution in [-0.4, -0.2) is 69.6 Å². The summed E-state index contributed by atoms with van der Waals surface area (Å²) in [5.41, 5.74) is 2.96. The molecule has 0 heterocycles. The Morgan fingerprint density at radius 1 is 1.10 bits per heavy atom. The van der Waals surface area contributed by atoms with Gasteiger partial charge in [-0.1, -0.05) is 30.3 Å². The van der Waals surface area contributed by atoms with E-state index in [1.165, 1.54) is 0 Å². The highest BCUT2D eigenvalue weighted by Crippen LogP contribution is 2.15. The summed E-state index contributed by atoms with van der Waals surface area (Å²) < 4.78 is 5.87. The van der Waals surface area contributed by atoms with Crippen LogP contribution in [0.25, 0.3) is 0 Å². The molecule has 0 saturated heterocycles. The summed E-state index contributed by atoms with van der Waals surface area (Å²) >= 11 is 0. The fourth-order valence-corrected chi connectivity index (χ4v) is 2.94. The zero-order valence-corrected chi connectivity index (χ0v) is 20.8. The van der Waals surface area contributed by atoms with Crippen LogP contribution in [-0.2, 0) is 6.42 Å². The molecule has 0 aliphatic heterocycles. The fourth-order valence-electron chi connectivity index (χ4n) is 2.94. The van der Waals surface area contributed by atoms with Crippen molar-refractivity contribution in [3.8, 4) is 5.75 Å². The van der Waals surface area contributed by atoms with Gasteiger partial charge in [0.05, 0.1) is 6.54 Å². The van der Waals surface area contributed by atoms with Gasteiger partial charge in [0.1, 0.15) is 12.4 Å². The summed E-state index contributed by atoms with van der Waals surface area (Å²) in [4.78, 5) is 20.1. The second-order valence-electron chi connectivity index (χ2n) is 7.16. The van der Waals surface area contributed by atoms with Crippen LogP contribution in [0, 0.1) is 6.92 Å². The molecule has 0 unspecified atom stereocenters. The van der Waals surface area contributed by atoms with Crippen molar-refractivity contribution in [2.45, 2.75) is 13.3 Å². The predicted molar refractivity (Wildman–Crippen MR) is 134 cm³/mol. The van der Waals surface area contributed by atoms with E-state index >= 15 is 0 Å². The minimum Gasteiger partial charge on any atom is -0.491 e. The molecule has 0 aliphatic rings. The summed E-state index contributed by atoms with van der Waals surface area (Å²) in [6, 6.07) is 15.8. The highest BCUT2D eigenvalue weighted by Gasteiger charge is 2.09. The number of carbonyl (C=O) groups excluding carboxylic acids is 1. The van der Waals surface area contributed by atoms with Gasteiger partial charge in [-0.15, -0.1) is 24.0 Å². The Kier molecular flexibility index (Phi) is 11.2. The number of nitrogens with one attached hydrogen (secondary N) is 1. The van der Waals surface area contributed by atoms with Crippen LogP contribution >= 0.6 is 24.0 Å². The van der Waals surface area contributed by atoms with E-state index < -0.39 is 0 Å². The topological polar surface area (TPSA) is 57.2 Å². The SMILES string of the molecule is CN=C(NCCc1cccc(C(=O)N(C)C)c1)N(C)CCOc1ccccc1C.I. The number of guanidine groups is 1. The third-order valence-electron chi connectivity index (χ3n) is 4.63. The van der Waals surface area contributed by atoms with E-state index in [9.17, 15) is 4.79 Å². The Hall–Kier alpha value is -2.29. The number of aliphatic imine (C=N–C) groups is 1. The van der Waals surface area contributed by atoms with Crippen molar-refractivity contribution in [2.75, 3.05) is 47.9 Å². The van der Waals surface area contributed by atoms with Gasteiger partial charge in [-0.05, 0) is 42.7 Å². The molecule has 1 N–H and O–H groups in total. The minimum absolute atomic E-state index is 0. The van der Waals surface area contributed by atoms with Gasteiger partial charge in [-0.3, -0.25) is 9.79 Å². The number of amides is 1. The lowest BCUT2D eigenvalue weighted by molar-refractivity contribution is 0.0827. The van der Waals surface area contributed by atoms with E-state index in [0.29, 0.717) is 12.2 Å². The van der Waals surface area contributed by atoms with Crippen molar-refractivity contribution < 1.29 is 9.53 Å². The van der Waals surface area contributed by atoms with Crippen LogP contribution in [0.5, 0.6) is 5.75 Å². The summed E-state index contributed by atoms with van der Waals surface area (Å²) in [5.74, 6) is 1.75. The Balaban J connectivity index is 0.00000450. The second-order valence-corrected chi connectivity index (χ2v) is 7.16. The molecule has 0 spiro atoms. The molecule has 0 aromatic heterocycles. The van der Waals surface area contributed by atoms with Gasteiger partial charge >= 0.3 is 0 Å². The number of benzene rings is 2. The molecule has 2 rings (SSSR count). The third-order valence-corrected chi connectivity index (χ3v) is 4.63. The lowest BCUT2D eigenvalue weighted by atomic mass is 10.1. The van der Waals surface area contributed by atoms with Crippen molar-refractivity contribution in [3.05, 3.63) is 65.2 Å². The molecule has 0 fully saturated rings. The maximum atomic E-state index is 12.1. The Morgan fingerprint density at radius 2 is 1.83 bits per heavy atom. The molecule has 2 aromatic rings. The number of carbonyl (C=O) groups is 1. The number of ether oxygens (including phenoxy) is 1. The number of hydrogen-bond donors (Lipinski definition) is 1. The largest absolute Gasteiger partial charge is 0.491 e. The van der Waals surface area contributed by atoms with Gasteiger partial charge < -0.3 is 19.9 Å². The molecule has 2 aromatic carbocycles. The smallest absolute Gasteiger partial charge is 0.253 e. The molecule has 0 aliphatic carbocycles. The lowest BCUT2D eigenvalue weighted by Crippen LogP contribution is -2.41. The van der Waals surface area contributed by atoms with Crippen molar-refractivity contribution in [2.24, 2.45) is 4.99 Å². The van der Waals surface area contributed by atoms with Gasteiger partial charge in [0.25, 0.3) is 5.91 Å². The van der Waals surface area contributed by atoms with Crippen LogP contribution in [0.15, 0.2) is 53.5 Å². The summed E-state index contributed by atoms with van der Waals surface area (Å²) in [6.07, 6.45) is 0.807. The molecular formula is C23H33IN4O2. The van der Waals surface area contributed by atoms with Gasteiger partial charge in [-0.2, -0.15) is 0 Å². The highest BCUT2D eigenvalue weighted by atomic mass is 127. The normalized spacial score (nSPS) is 10.8. The fraction of sp³-hybridized carbons (Fsp3) is 0.391. The Bertz CT molecular complexity index is 839. The highest BCUT2D eigenvalue weighted by molar-refractivity contribution is 14.0. The predicted octanol–water partition coefficient (Wildman–Crippen LogP) is 3.44. The van der Waals surface area contributed by atoms with Crippen LogP contribution < -0.4 is 10.1 Å². The van der Waals surface area contributed by atoms with E-state index in [0.717, 1.165) is 42.3 Å². The summed E-state index contributed by atoms with van der Waals surface area (Å²) in [7, 11) is 7.29. The van der Waals surface area contributed by atoms with E-state index in [1.807, 2.05) is 67.4 Å². The van der Waals surface area contributed by atoms with Gasteiger partial charge in [-0.25, -0.2) is 0 Å². The molecule has 1 amide bonds. The van der Waals surface area contributed by atoms with Gasteiger partial charge in [0.2, 0.25) is 0 Å². The molecule has 6 nitrogen and oxygen atoms in total. The second kappa shape index (κ2) is 13.1. The quantitative estimate of drug-likeness (QED) is 0.327. The number of nitrogens with zero attached hydrogens (tertiary/aromatic N) is 3. The third kappa shape index (κ3) is 7.85. The first-order valence-electron chi connectivity index (χ1n) is 9.83. The van der Waals surface area contributed by atoms with Crippen LogP contribution in [0.2, 0.25) is 0 Å². The molecule has 0 atom stereocenters. The summed E-state index contributed by atoms with van der Waals surface area (Å²) in [5, 5.41) is 3.37. The zero-order valence-electron chi connectivity index (χ0n) is 18.5. The van der Waals surface area contributed by atoms with E-state index in [2.05, 4.69) is 10.3 Å². The Labute approximate surface area is 197 Å². The maximum absolute atomic E-state index is 12.1. The minimum atomic E-state index is 0. The number of aryl methyl sites for hydroxylation is 1. The number of para-hydroxylation sites is 1. The molecule has 7 heteroatoms. The monoisotopic (exact) mass is 524 g/mol. The molecular weight excluding hydrogens is 491 g/mol. The molecule has 0 saturated carbocycles. The number of halogens is 1. The number of likely N-dealkylation sites (N-methyl/N-ethyl adjacent to an activating group) is 1. The summed E-state index contributed by atoms with van der Waals surface area (Å²) in [6.45, 7) is 4.08. The maximum Gasteiger partial charge on any atom is 0.253 e. The average molecular weight is 524 g/mol. The van der Waals surface area contributed by atoms with Crippen molar-refractivity contribution in [3.63, 3.8) is 0 Å². The number of rotatable bonds is 8. The van der Waals surface area contributed by atoms with Crippen LogP contribution in [0.1, 0.15) is 21.5 Å². The first-order valence-corrected chi connectivity index (χ1v) is 9.83. The van der Waals surface area contributed by atoms with E-state index in [-0.39, 0.29) is 29.9 Å². The van der Waals surface area contributed by atoms with E-state index in [4.69, 9.17) is 4.74 Å². The van der Waals surface area contributed by atoms with Crippen LogP contribution in [0.4, 0.5) is 0 Å². The zero-order chi connectivity index (χ0) is 21.2. The molecule has 0 radical (unpaired) electrons.